The highest BCUT2D eigenvalue weighted by atomic mass is 35.5. The molecule has 2 aromatic carbocycles. The molecule has 0 aliphatic rings. The average molecular weight is 309 g/mol. The number of hydrogen-bond acceptors (Lipinski definition) is 2. The molecule has 0 unspecified atom stereocenters. The van der Waals surface area contributed by atoms with Crippen LogP contribution in [0.5, 0.6) is 0 Å². The van der Waals surface area contributed by atoms with Crippen LogP contribution < -0.4 is 11.1 Å². The zero-order chi connectivity index (χ0) is 14.5. The molecule has 0 spiro atoms. The SMILES string of the molecule is NC(=O)c1cccc(CNCc2ccc(Cl)c(Cl)c2)c1. The summed E-state index contributed by atoms with van der Waals surface area (Å²) in [6, 6.07) is 12.8. The molecule has 20 heavy (non-hydrogen) atoms. The molecule has 2 aromatic rings. The van der Waals surface area contributed by atoms with E-state index in [1.54, 1.807) is 18.2 Å². The van der Waals surface area contributed by atoms with Crippen LogP contribution in [0.2, 0.25) is 10.0 Å². The molecule has 0 aliphatic heterocycles. The van der Waals surface area contributed by atoms with E-state index in [1.807, 2.05) is 24.3 Å². The summed E-state index contributed by atoms with van der Waals surface area (Å²) in [5, 5.41) is 4.37. The number of primary amides is 1. The van der Waals surface area contributed by atoms with E-state index in [9.17, 15) is 4.79 Å². The summed E-state index contributed by atoms with van der Waals surface area (Å²) < 4.78 is 0. The number of amides is 1. The Morgan fingerprint density at radius 2 is 1.70 bits per heavy atom. The Kier molecular flexibility index (Phi) is 5.01. The molecule has 0 heterocycles. The first-order valence-corrected chi connectivity index (χ1v) is 6.85. The molecular formula is C15H14Cl2N2O. The van der Waals surface area contributed by atoms with Crippen molar-refractivity contribution in [2.24, 2.45) is 5.73 Å². The molecule has 0 saturated carbocycles. The van der Waals surface area contributed by atoms with E-state index in [4.69, 9.17) is 28.9 Å². The fraction of sp³-hybridized carbons (Fsp3) is 0.133. The number of carbonyl (C=O) groups is 1. The Hall–Kier alpha value is -1.55. The standard InChI is InChI=1S/C15H14Cl2N2O/c16-13-5-4-11(7-14(13)17)9-19-8-10-2-1-3-12(6-10)15(18)20/h1-7,19H,8-9H2,(H2,18,20). The van der Waals surface area contributed by atoms with Gasteiger partial charge in [0.25, 0.3) is 0 Å². The molecule has 0 aromatic heterocycles. The minimum Gasteiger partial charge on any atom is -0.366 e. The van der Waals surface area contributed by atoms with Gasteiger partial charge in [-0.3, -0.25) is 4.79 Å². The highest BCUT2D eigenvalue weighted by Gasteiger charge is 2.02. The molecule has 0 bridgehead atoms. The van der Waals surface area contributed by atoms with E-state index in [0.29, 0.717) is 28.7 Å². The summed E-state index contributed by atoms with van der Waals surface area (Å²) in [5.41, 5.74) is 7.81. The lowest BCUT2D eigenvalue weighted by Gasteiger charge is -2.07. The highest BCUT2D eigenvalue weighted by molar-refractivity contribution is 6.42. The molecule has 0 radical (unpaired) electrons. The summed E-state index contributed by atoms with van der Waals surface area (Å²) in [6.45, 7) is 1.30. The lowest BCUT2D eigenvalue weighted by molar-refractivity contribution is 0.1000. The van der Waals surface area contributed by atoms with E-state index < -0.39 is 5.91 Å². The number of halogens is 2. The number of carbonyl (C=O) groups excluding carboxylic acids is 1. The van der Waals surface area contributed by atoms with Gasteiger partial charge in [0.1, 0.15) is 0 Å². The van der Waals surface area contributed by atoms with Crippen molar-refractivity contribution in [3.05, 3.63) is 69.2 Å². The molecule has 2 rings (SSSR count). The van der Waals surface area contributed by atoms with Gasteiger partial charge < -0.3 is 11.1 Å². The molecule has 0 atom stereocenters. The number of nitrogens with two attached hydrogens (primary N) is 1. The summed E-state index contributed by atoms with van der Waals surface area (Å²) in [7, 11) is 0. The second-order valence-electron chi connectivity index (χ2n) is 4.42. The first kappa shape index (κ1) is 14.9. The predicted molar refractivity (Wildman–Crippen MR) is 82.0 cm³/mol. The summed E-state index contributed by atoms with van der Waals surface area (Å²) in [5.74, 6) is -0.420. The maximum atomic E-state index is 11.1. The molecule has 0 saturated heterocycles. The van der Waals surface area contributed by atoms with Crippen molar-refractivity contribution in [1.82, 2.24) is 5.32 Å². The van der Waals surface area contributed by atoms with Crippen molar-refractivity contribution in [2.75, 3.05) is 0 Å². The first-order valence-electron chi connectivity index (χ1n) is 6.09. The second kappa shape index (κ2) is 6.75. The molecule has 1 amide bonds. The Bertz CT molecular complexity index is 629. The number of benzene rings is 2. The van der Waals surface area contributed by atoms with Crippen molar-refractivity contribution in [3.8, 4) is 0 Å². The average Bonchev–Trinajstić information content (AvgIpc) is 2.43. The first-order chi connectivity index (χ1) is 9.56. The minimum atomic E-state index is -0.420. The van der Waals surface area contributed by atoms with Gasteiger partial charge in [0.05, 0.1) is 10.0 Å². The van der Waals surface area contributed by atoms with Crippen molar-refractivity contribution >= 4 is 29.1 Å². The summed E-state index contributed by atoms with van der Waals surface area (Å²) in [4.78, 5) is 11.1. The minimum absolute atomic E-state index is 0.420. The van der Waals surface area contributed by atoms with Gasteiger partial charge in [0.2, 0.25) is 5.91 Å². The lowest BCUT2D eigenvalue weighted by Crippen LogP contribution is -2.14. The van der Waals surface area contributed by atoms with Gasteiger partial charge in [-0.05, 0) is 35.4 Å². The molecule has 5 heteroatoms. The van der Waals surface area contributed by atoms with Gasteiger partial charge in [0, 0.05) is 18.7 Å². The maximum absolute atomic E-state index is 11.1. The van der Waals surface area contributed by atoms with Crippen molar-refractivity contribution < 1.29 is 4.79 Å². The molecule has 3 nitrogen and oxygen atoms in total. The van der Waals surface area contributed by atoms with Gasteiger partial charge in [0.15, 0.2) is 0 Å². The molecule has 0 aliphatic carbocycles. The lowest BCUT2D eigenvalue weighted by atomic mass is 10.1. The summed E-state index contributed by atoms with van der Waals surface area (Å²) in [6.07, 6.45) is 0. The van der Waals surface area contributed by atoms with E-state index in [-0.39, 0.29) is 0 Å². The van der Waals surface area contributed by atoms with Crippen molar-refractivity contribution in [1.29, 1.82) is 0 Å². The van der Waals surface area contributed by atoms with Gasteiger partial charge in [-0.15, -0.1) is 0 Å². The topological polar surface area (TPSA) is 55.1 Å². The zero-order valence-corrected chi connectivity index (χ0v) is 12.2. The molecule has 3 N–H and O–H groups in total. The van der Waals surface area contributed by atoms with Crippen LogP contribution in [0.4, 0.5) is 0 Å². The van der Waals surface area contributed by atoms with Crippen molar-refractivity contribution in [2.45, 2.75) is 13.1 Å². The largest absolute Gasteiger partial charge is 0.366 e. The van der Waals surface area contributed by atoms with E-state index in [1.165, 1.54) is 0 Å². The van der Waals surface area contributed by atoms with Crippen LogP contribution in [0.25, 0.3) is 0 Å². The molecule has 0 fully saturated rings. The van der Waals surface area contributed by atoms with Crippen LogP contribution >= 0.6 is 23.2 Å². The van der Waals surface area contributed by atoms with Crippen LogP contribution in [0, 0.1) is 0 Å². The zero-order valence-electron chi connectivity index (χ0n) is 10.7. The van der Waals surface area contributed by atoms with Crippen LogP contribution in [0.1, 0.15) is 21.5 Å². The van der Waals surface area contributed by atoms with Crippen molar-refractivity contribution in [3.63, 3.8) is 0 Å². The third-order valence-electron chi connectivity index (χ3n) is 2.85. The van der Waals surface area contributed by atoms with Gasteiger partial charge in [-0.25, -0.2) is 0 Å². The van der Waals surface area contributed by atoms with E-state index in [2.05, 4.69) is 5.32 Å². The van der Waals surface area contributed by atoms with Crippen LogP contribution in [-0.4, -0.2) is 5.91 Å². The van der Waals surface area contributed by atoms with Gasteiger partial charge in [-0.2, -0.15) is 0 Å². The fourth-order valence-corrected chi connectivity index (χ4v) is 2.16. The smallest absolute Gasteiger partial charge is 0.248 e. The summed E-state index contributed by atoms with van der Waals surface area (Å²) >= 11 is 11.8. The Morgan fingerprint density at radius 3 is 2.35 bits per heavy atom. The number of rotatable bonds is 5. The van der Waals surface area contributed by atoms with Crippen LogP contribution in [0.3, 0.4) is 0 Å². The van der Waals surface area contributed by atoms with Gasteiger partial charge >= 0.3 is 0 Å². The molecular weight excluding hydrogens is 295 g/mol. The maximum Gasteiger partial charge on any atom is 0.248 e. The third kappa shape index (κ3) is 3.97. The quantitative estimate of drug-likeness (QED) is 0.889. The normalized spacial score (nSPS) is 10.5. The monoisotopic (exact) mass is 308 g/mol. The van der Waals surface area contributed by atoms with Crippen LogP contribution in [0.15, 0.2) is 42.5 Å². The van der Waals surface area contributed by atoms with E-state index in [0.717, 1.165) is 11.1 Å². The van der Waals surface area contributed by atoms with Gasteiger partial charge in [-0.1, -0.05) is 41.4 Å². The highest BCUT2D eigenvalue weighted by Crippen LogP contribution is 2.22. The third-order valence-corrected chi connectivity index (χ3v) is 3.59. The van der Waals surface area contributed by atoms with E-state index >= 15 is 0 Å². The number of nitrogens with one attached hydrogen (secondary N) is 1. The number of hydrogen-bond donors (Lipinski definition) is 2. The van der Waals surface area contributed by atoms with Crippen LogP contribution in [-0.2, 0) is 13.1 Å². The molecule has 104 valence electrons. The Labute approximate surface area is 127 Å². The second-order valence-corrected chi connectivity index (χ2v) is 5.23. The Morgan fingerprint density at radius 1 is 1.00 bits per heavy atom. The fourth-order valence-electron chi connectivity index (χ4n) is 1.84. The Balaban J connectivity index is 1.94. The predicted octanol–water partition coefficient (Wildman–Crippen LogP) is 3.38.